The molecule has 1 aromatic carbocycles. The van der Waals surface area contributed by atoms with Crippen LogP contribution in [0, 0.1) is 5.41 Å². The third-order valence-corrected chi connectivity index (χ3v) is 6.17. The molecule has 3 rings (SSSR count). The van der Waals surface area contributed by atoms with Gasteiger partial charge in [-0.1, -0.05) is 50.0 Å². The van der Waals surface area contributed by atoms with Crippen LogP contribution in [0.3, 0.4) is 0 Å². The van der Waals surface area contributed by atoms with Crippen LogP contribution in [0.4, 0.5) is 0 Å². The van der Waals surface area contributed by atoms with Gasteiger partial charge in [0.15, 0.2) is 0 Å². The lowest BCUT2D eigenvalue weighted by Gasteiger charge is -2.32. The summed E-state index contributed by atoms with van der Waals surface area (Å²) in [6, 6.07) is 8.81. The maximum absolute atomic E-state index is 6.22. The zero-order valence-electron chi connectivity index (χ0n) is 14.2. The summed E-state index contributed by atoms with van der Waals surface area (Å²) >= 11 is 14.1. The lowest BCUT2D eigenvalue weighted by atomic mass is 9.81. The fourth-order valence-electron chi connectivity index (χ4n) is 3.21. The zero-order chi connectivity index (χ0) is 16.6. The molecule has 1 heterocycles. The van der Waals surface area contributed by atoms with Gasteiger partial charge in [0.2, 0.25) is 0 Å². The molecule has 0 saturated heterocycles. The standard InChI is InChI=1S/C19H23Cl2NS.ClH/c1-19(2,3)11-22-17-7-5-13(18-14(17)8-9-23-18)12-4-6-15(20)16(21)10-12;/h4,6,8-10,13,17,22H,5,7,11H2,1-3H3;1H. The Bertz CT molecular complexity index is 690. The summed E-state index contributed by atoms with van der Waals surface area (Å²) in [5.74, 6) is 0.437. The van der Waals surface area contributed by atoms with Gasteiger partial charge in [-0.05, 0) is 53.0 Å². The molecule has 0 aliphatic heterocycles. The largest absolute Gasteiger partial charge is 0.309 e. The van der Waals surface area contributed by atoms with Gasteiger partial charge in [-0.2, -0.15) is 0 Å². The topological polar surface area (TPSA) is 12.0 Å². The molecule has 0 saturated carbocycles. The van der Waals surface area contributed by atoms with E-state index in [-0.39, 0.29) is 12.4 Å². The number of benzene rings is 1. The van der Waals surface area contributed by atoms with E-state index in [4.69, 9.17) is 23.2 Å². The number of nitrogens with one attached hydrogen (secondary N) is 1. The predicted molar refractivity (Wildman–Crippen MR) is 109 cm³/mol. The maximum Gasteiger partial charge on any atom is 0.0595 e. The molecule has 1 aliphatic carbocycles. The molecule has 5 heteroatoms. The summed E-state index contributed by atoms with van der Waals surface area (Å²) in [5.41, 5.74) is 3.04. The fourth-order valence-corrected chi connectivity index (χ4v) is 4.64. The van der Waals surface area contributed by atoms with E-state index in [1.165, 1.54) is 16.0 Å². The molecule has 0 bridgehead atoms. The summed E-state index contributed by atoms with van der Waals surface area (Å²) < 4.78 is 0. The van der Waals surface area contributed by atoms with Gasteiger partial charge in [-0.3, -0.25) is 0 Å². The molecule has 0 fully saturated rings. The Morgan fingerprint density at radius 1 is 1.12 bits per heavy atom. The third-order valence-electron chi connectivity index (χ3n) is 4.39. The van der Waals surface area contributed by atoms with Gasteiger partial charge in [-0.15, -0.1) is 23.7 Å². The number of fused-ring (bicyclic) bond motifs is 1. The molecule has 1 N–H and O–H groups in total. The minimum Gasteiger partial charge on any atom is -0.309 e. The second-order valence-corrected chi connectivity index (χ2v) is 9.30. The van der Waals surface area contributed by atoms with E-state index in [0.717, 1.165) is 19.4 Å². The lowest BCUT2D eigenvalue weighted by molar-refractivity contribution is 0.334. The smallest absolute Gasteiger partial charge is 0.0595 e. The summed E-state index contributed by atoms with van der Waals surface area (Å²) in [6.45, 7) is 7.85. The molecule has 24 heavy (non-hydrogen) atoms. The van der Waals surface area contributed by atoms with Gasteiger partial charge in [0.1, 0.15) is 0 Å². The second kappa shape index (κ2) is 7.97. The number of halogens is 3. The van der Waals surface area contributed by atoms with Crippen molar-refractivity contribution in [2.75, 3.05) is 6.54 Å². The lowest BCUT2D eigenvalue weighted by Crippen LogP contribution is -2.32. The van der Waals surface area contributed by atoms with Gasteiger partial charge < -0.3 is 5.32 Å². The summed E-state index contributed by atoms with van der Waals surface area (Å²) in [7, 11) is 0. The van der Waals surface area contributed by atoms with Crippen molar-refractivity contribution in [1.29, 1.82) is 0 Å². The van der Waals surface area contributed by atoms with Crippen molar-refractivity contribution in [3.8, 4) is 0 Å². The maximum atomic E-state index is 6.22. The van der Waals surface area contributed by atoms with Crippen LogP contribution in [0.1, 0.15) is 61.6 Å². The first kappa shape index (κ1) is 20.1. The van der Waals surface area contributed by atoms with Gasteiger partial charge >= 0.3 is 0 Å². The van der Waals surface area contributed by atoms with Crippen LogP contribution in [0.2, 0.25) is 10.0 Å². The van der Waals surface area contributed by atoms with Crippen molar-refractivity contribution in [2.45, 2.75) is 45.6 Å². The van der Waals surface area contributed by atoms with Crippen LogP contribution in [-0.2, 0) is 0 Å². The summed E-state index contributed by atoms with van der Waals surface area (Å²) in [5, 5.41) is 7.25. The van der Waals surface area contributed by atoms with Gasteiger partial charge in [0.25, 0.3) is 0 Å². The summed E-state index contributed by atoms with van der Waals surface area (Å²) in [6.07, 6.45) is 2.30. The third kappa shape index (κ3) is 4.47. The predicted octanol–water partition coefficient (Wildman–Crippen LogP) is 7.08. The molecule has 132 valence electrons. The molecule has 0 spiro atoms. The average Bonchev–Trinajstić information content (AvgIpc) is 2.96. The summed E-state index contributed by atoms with van der Waals surface area (Å²) in [4.78, 5) is 1.47. The van der Waals surface area contributed by atoms with E-state index in [9.17, 15) is 0 Å². The van der Waals surface area contributed by atoms with Crippen molar-refractivity contribution < 1.29 is 0 Å². The van der Waals surface area contributed by atoms with E-state index in [1.54, 1.807) is 0 Å². The van der Waals surface area contributed by atoms with Gasteiger partial charge in [0, 0.05) is 23.4 Å². The van der Waals surface area contributed by atoms with E-state index in [1.807, 2.05) is 23.5 Å². The Balaban J connectivity index is 0.00000208. The Labute approximate surface area is 165 Å². The molecule has 2 unspecified atom stereocenters. The zero-order valence-corrected chi connectivity index (χ0v) is 17.4. The van der Waals surface area contributed by atoms with Crippen molar-refractivity contribution in [3.05, 3.63) is 55.7 Å². The molecule has 0 amide bonds. The number of hydrogen-bond acceptors (Lipinski definition) is 2. The monoisotopic (exact) mass is 403 g/mol. The molecular weight excluding hydrogens is 381 g/mol. The Morgan fingerprint density at radius 3 is 2.54 bits per heavy atom. The van der Waals surface area contributed by atoms with Crippen molar-refractivity contribution in [1.82, 2.24) is 5.32 Å². The van der Waals surface area contributed by atoms with Crippen molar-refractivity contribution in [2.24, 2.45) is 5.41 Å². The van der Waals surface area contributed by atoms with E-state index in [2.05, 4.69) is 43.6 Å². The normalized spacial score (nSPS) is 20.4. The molecule has 1 nitrogen and oxygen atoms in total. The SMILES string of the molecule is CC(C)(C)CNC1CCC(c2ccc(Cl)c(Cl)c2)c2sccc21.Cl. The fraction of sp³-hybridized carbons (Fsp3) is 0.474. The quantitative estimate of drug-likeness (QED) is 0.576. The Morgan fingerprint density at radius 2 is 1.88 bits per heavy atom. The molecule has 1 aromatic heterocycles. The number of rotatable bonds is 3. The highest BCUT2D eigenvalue weighted by molar-refractivity contribution is 7.10. The minimum atomic E-state index is 0. The highest BCUT2D eigenvalue weighted by atomic mass is 35.5. The highest BCUT2D eigenvalue weighted by Gasteiger charge is 2.30. The van der Waals surface area contributed by atoms with E-state index in [0.29, 0.717) is 27.4 Å². The van der Waals surface area contributed by atoms with E-state index < -0.39 is 0 Å². The van der Waals surface area contributed by atoms with Crippen LogP contribution in [-0.4, -0.2) is 6.54 Å². The van der Waals surface area contributed by atoms with Crippen LogP contribution < -0.4 is 5.32 Å². The van der Waals surface area contributed by atoms with Crippen LogP contribution >= 0.6 is 46.9 Å². The first-order valence-electron chi connectivity index (χ1n) is 8.11. The van der Waals surface area contributed by atoms with Gasteiger partial charge in [-0.25, -0.2) is 0 Å². The molecular formula is C19H24Cl3NS. The molecule has 1 aliphatic rings. The minimum absolute atomic E-state index is 0. The molecule has 2 atom stereocenters. The van der Waals surface area contributed by atoms with Crippen molar-refractivity contribution in [3.63, 3.8) is 0 Å². The molecule has 0 radical (unpaired) electrons. The average molecular weight is 405 g/mol. The number of thiophene rings is 1. The first-order chi connectivity index (χ1) is 10.8. The van der Waals surface area contributed by atoms with Crippen LogP contribution in [0.5, 0.6) is 0 Å². The Hall–Kier alpha value is -0.250. The Kier molecular flexibility index (Phi) is 6.66. The second-order valence-electron chi connectivity index (χ2n) is 7.54. The highest BCUT2D eigenvalue weighted by Crippen LogP contribution is 2.45. The van der Waals surface area contributed by atoms with Gasteiger partial charge in [0.05, 0.1) is 10.0 Å². The van der Waals surface area contributed by atoms with E-state index >= 15 is 0 Å². The molecule has 2 aromatic rings. The first-order valence-corrected chi connectivity index (χ1v) is 9.74. The van der Waals surface area contributed by atoms with Crippen LogP contribution in [0.25, 0.3) is 0 Å². The van der Waals surface area contributed by atoms with Crippen LogP contribution in [0.15, 0.2) is 29.6 Å². The van der Waals surface area contributed by atoms with Crippen molar-refractivity contribution >= 4 is 46.9 Å². The number of hydrogen-bond donors (Lipinski definition) is 1.